The summed E-state index contributed by atoms with van der Waals surface area (Å²) in [6, 6.07) is 3.41. The van der Waals surface area contributed by atoms with Crippen LogP contribution in [0.15, 0.2) is 22.7 Å². The Hall–Kier alpha value is -1.24. The summed E-state index contributed by atoms with van der Waals surface area (Å²) in [6.45, 7) is 2.04. The van der Waals surface area contributed by atoms with Crippen molar-refractivity contribution in [2.45, 2.75) is 13.1 Å². The Bertz CT molecular complexity index is 491. The van der Waals surface area contributed by atoms with Gasteiger partial charge in [0.25, 0.3) is 0 Å². The zero-order valence-corrected chi connectivity index (χ0v) is 12.9. The van der Waals surface area contributed by atoms with E-state index in [0.717, 1.165) is 12.1 Å². The lowest BCUT2D eigenvalue weighted by Crippen LogP contribution is -2.29. The van der Waals surface area contributed by atoms with Crippen LogP contribution in [0.3, 0.4) is 0 Å². The van der Waals surface area contributed by atoms with Crippen LogP contribution in [0, 0.1) is 5.92 Å². The fourth-order valence-corrected chi connectivity index (χ4v) is 2.46. The second kappa shape index (κ2) is 6.47. The molecular weight excluding hydrogens is 339 g/mol. The largest absolute Gasteiger partial charge is 0.469 e. The molecule has 3 nitrogen and oxygen atoms in total. The van der Waals surface area contributed by atoms with Gasteiger partial charge in [-0.3, -0.25) is 4.79 Å². The average Bonchev–Trinajstić information content (AvgIpc) is 2.36. The molecule has 0 heterocycles. The lowest BCUT2D eigenvalue weighted by atomic mass is 10.1. The summed E-state index contributed by atoms with van der Waals surface area (Å²) < 4.78 is 42.6. The molecule has 7 heteroatoms. The highest BCUT2D eigenvalue weighted by atomic mass is 79.9. The third kappa shape index (κ3) is 4.13. The van der Waals surface area contributed by atoms with Crippen molar-refractivity contribution in [3.8, 4) is 0 Å². The molecule has 0 spiro atoms. The third-order valence-electron chi connectivity index (χ3n) is 2.84. The van der Waals surface area contributed by atoms with Crippen molar-refractivity contribution in [2.24, 2.45) is 5.92 Å². The van der Waals surface area contributed by atoms with E-state index in [9.17, 15) is 18.0 Å². The van der Waals surface area contributed by atoms with E-state index in [-0.39, 0.29) is 11.9 Å². The van der Waals surface area contributed by atoms with Crippen LogP contribution in [0.2, 0.25) is 0 Å². The van der Waals surface area contributed by atoms with Gasteiger partial charge in [-0.15, -0.1) is 0 Å². The van der Waals surface area contributed by atoms with E-state index in [4.69, 9.17) is 0 Å². The average molecular weight is 354 g/mol. The Kier molecular flexibility index (Phi) is 5.44. The normalized spacial score (nSPS) is 12.9. The first-order chi connectivity index (χ1) is 9.16. The lowest BCUT2D eigenvalue weighted by molar-refractivity contribution is -0.144. The van der Waals surface area contributed by atoms with E-state index in [0.29, 0.717) is 16.7 Å². The van der Waals surface area contributed by atoms with Crippen LogP contribution < -0.4 is 4.90 Å². The highest BCUT2D eigenvalue weighted by molar-refractivity contribution is 9.10. The maximum absolute atomic E-state index is 12.6. The van der Waals surface area contributed by atoms with Crippen molar-refractivity contribution in [1.82, 2.24) is 0 Å². The number of esters is 1. The number of carbonyl (C=O) groups is 1. The Labute approximate surface area is 123 Å². The van der Waals surface area contributed by atoms with E-state index in [1.807, 2.05) is 0 Å². The molecule has 1 aromatic carbocycles. The fourth-order valence-electron chi connectivity index (χ4n) is 1.78. The first kappa shape index (κ1) is 16.8. The molecule has 0 fully saturated rings. The van der Waals surface area contributed by atoms with Gasteiger partial charge in [-0.1, -0.05) is 6.92 Å². The van der Waals surface area contributed by atoms with Crippen LogP contribution in [0.4, 0.5) is 18.9 Å². The molecule has 20 heavy (non-hydrogen) atoms. The molecule has 0 aliphatic rings. The Morgan fingerprint density at radius 1 is 1.45 bits per heavy atom. The molecule has 0 radical (unpaired) electrons. The predicted octanol–water partition coefficient (Wildman–Crippen LogP) is 3.71. The SMILES string of the molecule is COC(=O)C(C)CN(C)c1ccc(C(F)(F)F)cc1Br. The number of hydrogen-bond acceptors (Lipinski definition) is 3. The van der Waals surface area contributed by atoms with Gasteiger partial charge in [0.15, 0.2) is 0 Å². The molecule has 0 aromatic heterocycles. The van der Waals surface area contributed by atoms with Gasteiger partial charge in [0.05, 0.1) is 24.3 Å². The summed E-state index contributed by atoms with van der Waals surface area (Å²) in [5.41, 5.74) is -0.142. The van der Waals surface area contributed by atoms with E-state index < -0.39 is 11.7 Å². The molecule has 1 aromatic rings. The molecule has 0 bridgehead atoms. The minimum atomic E-state index is -4.38. The Morgan fingerprint density at radius 2 is 2.05 bits per heavy atom. The van der Waals surface area contributed by atoms with Gasteiger partial charge in [-0.25, -0.2) is 0 Å². The quantitative estimate of drug-likeness (QED) is 0.772. The van der Waals surface area contributed by atoms with Crippen molar-refractivity contribution >= 4 is 27.6 Å². The van der Waals surface area contributed by atoms with Crippen LogP contribution in [0.5, 0.6) is 0 Å². The molecule has 1 atom stereocenters. The van der Waals surface area contributed by atoms with Gasteiger partial charge in [-0.05, 0) is 34.1 Å². The minimum absolute atomic E-state index is 0.326. The highest BCUT2D eigenvalue weighted by Crippen LogP contribution is 2.35. The number of carbonyl (C=O) groups excluding carboxylic acids is 1. The summed E-state index contributed by atoms with van der Waals surface area (Å²) in [5.74, 6) is -0.737. The molecule has 0 saturated carbocycles. The van der Waals surface area contributed by atoms with Crippen LogP contribution in [0.1, 0.15) is 12.5 Å². The summed E-state index contributed by atoms with van der Waals surface area (Å²) in [4.78, 5) is 13.0. The Morgan fingerprint density at radius 3 is 2.50 bits per heavy atom. The van der Waals surface area contributed by atoms with E-state index in [2.05, 4.69) is 20.7 Å². The summed E-state index contributed by atoms with van der Waals surface area (Å²) >= 11 is 3.13. The number of nitrogens with zero attached hydrogens (tertiary/aromatic N) is 1. The number of ether oxygens (including phenoxy) is 1. The number of benzene rings is 1. The van der Waals surface area contributed by atoms with Crippen LogP contribution in [-0.4, -0.2) is 26.7 Å². The summed E-state index contributed by atoms with van der Waals surface area (Å²) in [6.07, 6.45) is -4.38. The number of hydrogen-bond donors (Lipinski definition) is 0. The molecular formula is C13H15BrF3NO2. The van der Waals surface area contributed by atoms with Crippen LogP contribution >= 0.6 is 15.9 Å². The second-order valence-corrected chi connectivity index (χ2v) is 5.32. The first-order valence-corrected chi connectivity index (χ1v) is 6.61. The smallest absolute Gasteiger partial charge is 0.416 e. The Balaban J connectivity index is 2.89. The maximum Gasteiger partial charge on any atom is 0.416 e. The van der Waals surface area contributed by atoms with Gasteiger partial charge in [0.1, 0.15) is 0 Å². The molecule has 0 aliphatic carbocycles. The van der Waals surface area contributed by atoms with E-state index >= 15 is 0 Å². The molecule has 1 unspecified atom stereocenters. The van der Waals surface area contributed by atoms with Gasteiger partial charge in [0.2, 0.25) is 0 Å². The highest BCUT2D eigenvalue weighted by Gasteiger charge is 2.31. The van der Waals surface area contributed by atoms with Gasteiger partial charge < -0.3 is 9.64 Å². The molecule has 0 aliphatic heterocycles. The number of alkyl halides is 3. The monoisotopic (exact) mass is 353 g/mol. The lowest BCUT2D eigenvalue weighted by Gasteiger charge is -2.24. The molecule has 0 N–H and O–H groups in total. The molecule has 1 rings (SSSR count). The third-order valence-corrected chi connectivity index (χ3v) is 3.47. The molecule has 0 amide bonds. The summed E-state index contributed by atoms with van der Waals surface area (Å²) in [5, 5.41) is 0. The van der Waals surface area contributed by atoms with Crippen molar-refractivity contribution in [1.29, 1.82) is 0 Å². The zero-order valence-electron chi connectivity index (χ0n) is 11.3. The molecule has 0 saturated heterocycles. The number of rotatable bonds is 4. The van der Waals surface area contributed by atoms with Crippen molar-refractivity contribution in [3.05, 3.63) is 28.2 Å². The first-order valence-electron chi connectivity index (χ1n) is 5.82. The van der Waals surface area contributed by atoms with Crippen molar-refractivity contribution in [2.75, 3.05) is 25.6 Å². The zero-order chi connectivity index (χ0) is 15.5. The van der Waals surface area contributed by atoms with Gasteiger partial charge >= 0.3 is 12.1 Å². The van der Waals surface area contributed by atoms with E-state index in [1.54, 1.807) is 18.9 Å². The van der Waals surface area contributed by atoms with Crippen molar-refractivity contribution in [3.63, 3.8) is 0 Å². The fraction of sp³-hybridized carbons (Fsp3) is 0.462. The number of halogens is 4. The number of anilines is 1. The second-order valence-electron chi connectivity index (χ2n) is 4.47. The summed E-state index contributed by atoms with van der Waals surface area (Å²) in [7, 11) is 3.00. The molecule has 112 valence electrons. The predicted molar refractivity (Wildman–Crippen MR) is 73.6 cm³/mol. The topological polar surface area (TPSA) is 29.5 Å². The van der Waals surface area contributed by atoms with Crippen LogP contribution in [-0.2, 0) is 15.7 Å². The van der Waals surface area contributed by atoms with Gasteiger partial charge in [0, 0.05) is 18.1 Å². The maximum atomic E-state index is 12.6. The number of methoxy groups -OCH3 is 1. The minimum Gasteiger partial charge on any atom is -0.469 e. The van der Waals surface area contributed by atoms with Crippen molar-refractivity contribution < 1.29 is 22.7 Å². The van der Waals surface area contributed by atoms with Crippen LogP contribution in [0.25, 0.3) is 0 Å². The standard InChI is InChI=1S/C13H15BrF3NO2/c1-8(12(19)20-3)7-18(2)11-5-4-9(6-10(11)14)13(15,16)17/h4-6,8H,7H2,1-3H3. The van der Waals surface area contributed by atoms with Gasteiger partial charge in [-0.2, -0.15) is 13.2 Å². The van der Waals surface area contributed by atoms with E-state index in [1.165, 1.54) is 13.2 Å².